The van der Waals surface area contributed by atoms with Crippen LogP contribution in [-0.4, -0.2) is 12.0 Å². The minimum absolute atomic E-state index is 0.581. The minimum atomic E-state index is 0.581. The maximum atomic E-state index is 5.45. The molecule has 0 unspecified atom stereocenters. The molecular formula is C12H16N2O. The number of nitrogens with one attached hydrogen (secondary N) is 1. The Morgan fingerprint density at radius 1 is 1.40 bits per heavy atom. The smallest absolute Gasteiger partial charge is 0.295 e. The van der Waals surface area contributed by atoms with Gasteiger partial charge in [0.05, 0.1) is 0 Å². The highest BCUT2D eigenvalue weighted by atomic mass is 16.4. The summed E-state index contributed by atoms with van der Waals surface area (Å²) in [6.45, 7) is 2.20. The van der Waals surface area contributed by atoms with Crippen LogP contribution >= 0.6 is 0 Å². The Balaban J connectivity index is 2.29. The van der Waals surface area contributed by atoms with Gasteiger partial charge in [-0.15, -0.1) is 0 Å². The van der Waals surface area contributed by atoms with Crippen LogP contribution in [0.5, 0.6) is 0 Å². The summed E-state index contributed by atoms with van der Waals surface area (Å²) in [6.07, 6.45) is 3.56. The van der Waals surface area contributed by atoms with E-state index < -0.39 is 0 Å². The van der Waals surface area contributed by atoms with E-state index in [4.69, 9.17) is 4.42 Å². The molecule has 80 valence electrons. The number of benzene rings is 1. The van der Waals surface area contributed by atoms with Crippen LogP contribution in [0.15, 0.2) is 22.6 Å². The molecule has 0 aliphatic rings. The van der Waals surface area contributed by atoms with Crippen LogP contribution in [0.1, 0.15) is 25.3 Å². The topological polar surface area (TPSA) is 38.1 Å². The molecule has 0 spiro atoms. The van der Waals surface area contributed by atoms with Crippen molar-refractivity contribution in [3.05, 3.63) is 23.8 Å². The van der Waals surface area contributed by atoms with Gasteiger partial charge in [-0.2, -0.15) is 4.98 Å². The number of anilines is 1. The van der Waals surface area contributed by atoms with Gasteiger partial charge in [0.1, 0.15) is 5.52 Å². The third kappa shape index (κ3) is 2.12. The number of nitrogens with zero attached hydrogens (tertiary/aromatic N) is 1. The van der Waals surface area contributed by atoms with E-state index in [0.717, 1.165) is 17.5 Å². The zero-order chi connectivity index (χ0) is 10.7. The fourth-order valence-corrected chi connectivity index (χ4v) is 1.62. The van der Waals surface area contributed by atoms with Gasteiger partial charge in [0.2, 0.25) is 0 Å². The monoisotopic (exact) mass is 204 g/mol. The van der Waals surface area contributed by atoms with E-state index in [1.165, 1.54) is 18.4 Å². The van der Waals surface area contributed by atoms with Gasteiger partial charge in [-0.25, -0.2) is 0 Å². The third-order valence-electron chi connectivity index (χ3n) is 2.48. The quantitative estimate of drug-likeness (QED) is 0.831. The van der Waals surface area contributed by atoms with Gasteiger partial charge in [-0.3, -0.25) is 0 Å². The molecule has 0 aliphatic heterocycles. The maximum absolute atomic E-state index is 5.45. The third-order valence-corrected chi connectivity index (χ3v) is 2.48. The number of fused-ring (bicyclic) bond motifs is 1. The highest BCUT2D eigenvalue weighted by Crippen LogP contribution is 2.20. The molecule has 0 fully saturated rings. The van der Waals surface area contributed by atoms with E-state index in [2.05, 4.69) is 29.4 Å². The molecule has 2 aromatic rings. The lowest BCUT2D eigenvalue weighted by molar-refractivity contribution is 0.620. The Labute approximate surface area is 89.5 Å². The second-order valence-corrected chi connectivity index (χ2v) is 3.67. The Morgan fingerprint density at radius 2 is 2.27 bits per heavy atom. The van der Waals surface area contributed by atoms with Gasteiger partial charge < -0.3 is 9.73 Å². The number of hydrogen-bond acceptors (Lipinski definition) is 3. The average Bonchev–Trinajstić information content (AvgIpc) is 2.68. The van der Waals surface area contributed by atoms with Crippen molar-refractivity contribution in [1.29, 1.82) is 0 Å². The summed E-state index contributed by atoms with van der Waals surface area (Å²) in [5, 5.41) is 2.90. The van der Waals surface area contributed by atoms with E-state index in [9.17, 15) is 0 Å². The molecule has 15 heavy (non-hydrogen) atoms. The Bertz CT molecular complexity index is 448. The maximum Gasteiger partial charge on any atom is 0.295 e. The van der Waals surface area contributed by atoms with Gasteiger partial charge in [0.25, 0.3) is 6.01 Å². The molecular weight excluding hydrogens is 188 g/mol. The van der Waals surface area contributed by atoms with Crippen LogP contribution in [0.2, 0.25) is 0 Å². The van der Waals surface area contributed by atoms with Crippen molar-refractivity contribution in [2.45, 2.75) is 26.2 Å². The zero-order valence-electron chi connectivity index (χ0n) is 9.21. The van der Waals surface area contributed by atoms with Crippen molar-refractivity contribution in [3.8, 4) is 0 Å². The van der Waals surface area contributed by atoms with E-state index in [1.807, 2.05) is 13.1 Å². The first-order valence-corrected chi connectivity index (χ1v) is 5.40. The lowest BCUT2D eigenvalue weighted by atomic mass is 10.1. The number of oxazole rings is 1. The van der Waals surface area contributed by atoms with Crippen LogP contribution in [0.3, 0.4) is 0 Å². The van der Waals surface area contributed by atoms with Crippen molar-refractivity contribution < 1.29 is 4.42 Å². The predicted molar refractivity (Wildman–Crippen MR) is 62.2 cm³/mol. The second kappa shape index (κ2) is 4.34. The van der Waals surface area contributed by atoms with Crippen LogP contribution in [0.4, 0.5) is 6.01 Å². The number of aryl methyl sites for hydroxylation is 1. The normalized spacial score (nSPS) is 10.8. The van der Waals surface area contributed by atoms with Gasteiger partial charge in [0, 0.05) is 7.05 Å². The number of aromatic nitrogens is 1. The molecule has 0 saturated heterocycles. The summed E-state index contributed by atoms with van der Waals surface area (Å²) in [4.78, 5) is 4.32. The first-order valence-electron chi connectivity index (χ1n) is 5.40. The molecule has 0 saturated carbocycles. The fourth-order valence-electron chi connectivity index (χ4n) is 1.62. The van der Waals surface area contributed by atoms with Crippen LogP contribution in [0.25, 0.3) is 11.1 Å². The number of hydrogen-bond donors (Lipinski definition) is 1. The van der Waals surface area contributed by atoms with Crippen molar-refractivity contribution in [1.82, 2.24) is 4.98 Å². The highest BCUT2D eigenvalue weighted by Gasteiger charge is 2.04. The standard InChI is InChI=1S/C12H16N2O/c1-3-4-5-9-6-7-11-10(8-9)14-12(13-2)15-11/h6-8H,3-5H2,1-2H3,(H,13,14). The van der Waals surface area contributed by atoms with Crippen molar-refractivity contribution in [2.24, 2.45) is 0 Å². The van der Waals surface area contributed by atoms with Gasteiger partial charge >= 0.3 is 0 Å². The largest absolute Gasteiger partial charge is 0.424 e. The summed E-state index contributed by atoms with van der Waals surface area (Å²) >= 11 is 0. The molecule has 0 amide bonds. The SMILES string of the molecule is CCCCc1ccc2oc(NC)nc2c1. The van der Waals surface area contributed by atoms with Gasteiger partial charge in [0.15, 0.2) is 5.58 Å². The van der Waals surface area contributed by atoms with Crippen LogP contribution in [0, 0.1) is 0 Å². The fraction of sp³-hybridized carbons (Fsp3) is 0.417. The molecule has 0 atom stereocenters. The van der Waals surface area contributed by atoms with Crippen molar-refractivity contribution >= 4 is 17.1 Å². The molecule has 1 aromatic carbocycles. The first kappa shape index (κ1) is 10.0. The Morgan fingerprint density at radius 3 is 3.00 bits per heavy atom. The summed E-state index contributed by atoms with van der Waals surface area (Å²) in [7, 11) is 1.81. The molecule has 1 heterocycles. The molecule has 1 N–H and O–H groups in total. The summed E-state index contributed by atoms with van der Waals surface area (Å²) < 4.78 is 5.45. The highest BCUT2D eigenvalue weighted by molar-refractivity contribution is 5.75. The minimum Gasteiger partial charge on any atom is -0.424 e. The van der Waals surface area contributed by atoms with E-state index >= 15 is 0 Å². The summed E-state index contributed by atoms with van der Waals surface area (Å²) in [5.41, 5.74) is 3.12. The zero-order valence-corrected chi connectivity index (χ0v) is 9.21. The first-order chi connectivity index (χ1) is 7.33. The molecule has 3 heteroatoms. The van der Waals surface area contributed by atoms with Gasteiger partial charge in [-0.1, -0.05) is 19.4 Å². The van der Waals surface area contributed by atoms with Crippen molar-refractivity contribution in [2.75, 3.05) is 12.4 Å². The number of unbranched alkanes of at least 4 members (excludes halogenated alkanes) is 1. The van der Waals surface area contributed by atoms with Crippen LogP contribution < -0.4 is 5.32 Å². The molecule has 1 aromatic heterocycles. The number of rotatable bonds is 4. The molecule has 0 radical (unpaired) electrons. The summed E-state index contributed by atoms with van der Waals surface area (Å²) in [5.74, 6) is 0. The average molecular weight is 204 g/mol. The lowest BCUT2D eigenvalue weighted by Crippen LogP contribution is -1.86. The Hall–Kier alpha value is -1.51. The predicted octanol–water partition coefficient (Wildman–Crippen LogP) is 3.21. The summed E-state index contributed by atoms with van der Waals surface area (Å²) in [6, 6.07) is 6.80. The molecule has 0 bridgehead atoms. The molecule has 2 rings (SSSR count). The van der Waals surface area contributed by atoms with Crippen LogP contribution in [-0.2, 0) is 6.42 Å². The Kier molecular flexibility index (Phi) is 2.90. The van der Waals surface area contributed by atoms with Gasteiger partial charge in [-0.05, 0) is 30.5 Å². The van der Waals surface area contributed by atoms with Crippen molar-refractivity contribution in [3.63, 3.8) is 0 Å². The van der Waals surface area contributed by atoms with E-state index in [0.29, 0.717) is 6.01 Å². The van der Waals surface area contributed by atoms with E-state index in [1.54, 1.807) is 0 Å². The molecule has 0 aliphatic carbocycles. The second-order valence-electron chi connectivity index (χ2n) is 3.67. The van der Waals surface area contributed by atoms with E-state index in [-0.39, 0.29) is 0 Å². The molecule has 3 nitrogen and oxygen atoms in total. The lowest BCUT2D eigenvalue weighted by Gasteiger charge is -1.97.